The minimum atomic E-state index is -0.855. The van der Waals surface area contributed by atoms with Crippen molar-refractivity contribution in [2.75, 3.05) is 4.90 Å². The molecule has 0 fully saturated rings. The van der Waals surface area contributed by atoms with Crippen molar-refractivity contribution in [3.05, 3.63) is 76.8 Å². The Morgan fingerprint density at radius 1 is 1.07 bits per heavy atom. The van der Waals surface area contributed by atoms with Gasteiger partial charge < -0.3 is 5.32 Å². The first-order valence-electron chi connectivity index (χ1n) is 9.30. The van der Waals surface area contributed by atoms with E-state index < -0.39 is 11.6 Å². The highest BCUT2D eigenvalue weighted by atomic mass is 32.1. The molecular weight excluding hydrogens is 384 g/mol. The van der Waals surface area contributed by atoms with E-state index >= 15 is 0 Å². The molecule has 3 aromatic rings. The molecule has 2 aromatic carbocycles. The molecule has 0 aliphatic heterocycles. The highest BCUT2D eigenvalue weighted by molar-refractivity contribution is 7.03. The van der Waals surface area contributed by atoms with Crippen molar-refractivity contribution >= 4 is 29.0 Å². The van der Waals surface area contributed by atoms with Gasteiger partial charge in [0.15, 0.2) is 5.69 Å². The fourth-order valence-electron chi connectivity index (χ4n) is 3.03. The number of benzene rings is 2. The van der Waals surface area contributed by atoms with Crippen LogP contribution in [0.5, 0.6) is 0 Å². The highest BCUT2D eigenvalue weighted by Crippen LogP contribution is 2.30. The Hall–Kier alpha value is -3.06. The summed E-state index contributed by atoms with van der Waals surface area (Å²) in [7, 11) is 0. The van der Waals surface area contributed by atoms with Crippen molar-refractivity contribution in [2.45, 2.75) is 39.3 Å². The van der Waals surface area contributed by atoms with Gasteiger partial charge in [0.2, 0.25) is 5.91 Å². The van der Waals surface area contributed by atoms with E-state index in [9.17, 15) is 9.59 Å². The summed E-state index contributed by atoms with van der Waals surface area (Å²) >= 11 is 1.10. The van der Waals surface area contributed by atoms with Crippen LogP contribution < -0.4 is 10.2 Å². The van der Waals surface area contributed by atoms with Crippen LogP contribution in [0.3, 0.4) is 0 Å². The molecule has 3 rings (SSSR count). The van der Waals surface area contributed by atoms with Crippen molar-refractivity contribution in [2.24, 2.45) is 0 Å². The van der Waals surface area contributed by atoms with Crippen LogP contribution in [0, 0.1) is 6.92 Å². The maximum Gasteiger partial charge on any atom is 0.280 e. The summed E-state index contributed by atoms with van der Waals surface area (Å²) in [5, 5.41) is 8.55. The number of rotatable bonds is 5. The number of amides is 2. The van der Waals surface area contributed by atoms with Crippen LogP contribution in [0.1, 0.15) is 48.4 Å². The van der Waals surface area contributed by atoms with Crippen LogP contribution in [-0.4, -0.2) is 26.9 Å². The molecule has 1 N–H and O–H groups in total. The largest absolute Gasteiger partial charge is 0.349 e. The van der Waals surface area contributed by atoms with Gasteiger partial charge in [0, 0.05) is 16.6 Å². The Labute approximate surface area is 174 Å². The van der Waals surface area contributed by atoms with Crippen LogP contribution in [0.25, 0.3) is 0 Å². The molecule has 1 aromatic heterocycles. The van der Waals surface area contributed by atoms with E-state index in [0.29, 0.717) is 11.3 Å². The number of hydrogen-bond acceptors (Lipinski definition) is 5. The molecule has 1 atom stereocenters. The summed E-state index contributed by atoms with van der Waals surface area (Å²) in [4.78, 5) is 28.3. The van der Waals surface area contributed by atoms with Gasteiger partial charge in [-0.2, -0.15) is 0 Å². The monoisotopic (exact) mass is 408 g/mol. The summed E-state index contributed by atoms with van der Waals surface area (Å²) in [5.74, 6) is -0.635. The molecule has 7 heteroatoms. The van der Waals surface area contributed by atoms with Gasteiger partial charge in [-0.05, 0) is 62.5 Å². The minimum Gasteiger partial charge on any atom is -0.349 e. The molecule has 0 unspecified atom stereocenters. The molecular formula is C22H24N4O2S. The second-order valence-electron chi connectivity index (χ2n) is 7.86. The van der Waals surface area contributed by atoms with Crippen molar-refractivity contribution in [3.63, 3.8) is 0 Å². The van der Waals surface area contributed by atoms with Gasteiger partial charge in [-0.1, -0.05) is 47.0 Å². The van der Waals surface area contributed by atoms with Crippen molar-refractivity contribution in [1.82, 2.24) is 14.9 Å². The minimum absolute atomic E-state index is 0.209. The summed E-state index contributed by atoms with van der Waals surface area (Å²) < 4.78 is 3.82. The van der Waals surface area contributed by atoms with Gasteiger partial charge in [-0.25, -0.2) is 0 Å². The standard InChI is InChI=1S/C22H24N4O2S/c1-15-9-8-12-17(13-15)26(21(28)18-14-29-25-24-18)19(16-10-6-5-7-11-16)20(27)23-22(2,3)4/h5-14,19H,1-4H3,(H,23,27)/t19-/m0/s1. The second-order valence-corrected chi connectivity index (χ2v) is 8.47. The van der Waals surface area contributed by atoms with E-state index in [4.69, 9.17) is 0 Å². The van der Waals surface area contributed by atoms with E-state index in [1.807, 2.05) is 82.3 Å². The SMILES string of the molecule is Cc1cccc(N(C(=O)c2csnn2)[C@H](C(=O)NC(C)(C)C)c2ccccc2)c1. The van der Waals surface area contributed by atoms with Crippen molar-refractivity contribution < 1.29 is 9.59 Å². The Balaban J connectivity index is 2.16. The fourth-order valence-corrected chi connectivity index (χ4v) is 3.46. The van der Waals surface area contributed by atoms with Crippen LogP contribution in [-0.2, 0) is 4.79 Å². The van der Waals surface area contributed by atoms with Gasteiger partial charge in [0.25, 0.3) is 5.91 Å². The second kappa shape index (κ2) is 8.53. The number of hydrogen-bond donors (Lipinski definition) is 1. The van der Waals surface area contributed by atoms with Gasteiger partial charge >= 0.3 is 0 Å². The lowest BCUT2D eigenvalue weighted by molar-refractivity contribution is -0.123. The molecule has 29 heavy (non-hydrogen) atoms. The van der Waals surface area contributed by atoms with Crippen LogP contribution in [0.15, 0.2) is 60.0 Å². The first-order chi connectivity index (χ1) is 13.8. The average Bonchev–Trinajstić information content (AvgIpc) is 3.19. The Bertz CT molecular complexity index is 982. The van der Waals surface area contributed by atoms with Crippen LogP contribution in [0.4, 0.5) is 5.69 Å². The fraction of sp³-hybridized carbons (Fsp3) is 0.273. The number of aryl methyl sites for hydroxylation is 1. The molecule has 0 saturated carbocycles. The van der Waals surface area contributed by atoms with Crippen molar-refractivity contribution in [1.29, 1.82) is 0 Å². The molecule has 150 valence electrons. The molecule has 1 heterocycles. The molecule has 0 aliphatic rings. The van der Waals surface area contributed by atoms with E-state index in [0.717, 1.165) is 17.1 Å². The summed E-state index contributed by atoms with van der Waals surface area (Å²) in [5.41, 5.74) is 2.09. The number of nitrogens with zero attached hydrogens (tertiary/aromatic N) is 3. The van der Waals surface area contributed by atoms with E-state index in [1.165, 1.54) is 4.90 Å². The topological polar surface area (TPSA) is 75.2 Å². The summed E-state index contributed by atoms with van der Waals surface area (Å²) in [6.07, 6.45) is 0. The highest BCUT2D eigenvalue weighted by Gasteiger charge is 2.35. The molecule has 0 spiro atoms. The maximum atomic E-state index is 13.5. The lowest BCUT2D eigenvalue weighted by atomic mass is 10.00. The maximum absolute atomic E-state index is 13.5. The lowest BCUT2D eigenvalue weighted by Crippen LogP contribution is -2.49. The lowest BCUT2D eigenvalue weighted by Gasteiger charge is -2.33. The van der Waals surface area contributed by atoms with Gasteiger partial charge in [-0.15, -0.1) is 5.10 Å². The van der Waals surface area contributed by atoms with Gasteiger partial charge in [0.05, 0.1) is 0 Å². The van der Waals surface area contributed by atoms with E-state index in [2.05, 4.69) is 14.9 Å². The zero-order chi connectivity index (χ0) is 21.0. The summed E-state index contributed by atoms with van der Waals surface area (Å²) in [6.45, 7) is 7.69. The molecule has 6 nitrogen and oxygen atoms in total. The van der Waals surface area contributed by atoms with Crippen LogP contribution in [0.2, 0.25) is 0 Å². The first-order valence-corrected chi connectivity index (χ1v) is 10.1. The van der Waals surface area contributed by atoms with Gasteiger partial charge in [-0.3, -0.25) is 14.5 Å². The number of carbonyl (C=O) groups excluding carboxylic acids is 2. The molecule has 2 amide bonds. The van der Waals surface area contributed by atoms with Gasteiger partial charge in [0.1, 0.15) is 6.04 Å². The number of nitrogens with one attached hydrogen (secondary N) is 1. The third-order valence-electron chi connectivity index (χ3n) is 4.20. The summed E-state index contributed by atoms with van der Waals surface area (Å²) in [6, 6.07) is 16.0. The Morgan fingerprint density at radius 3 is 2.38 bits per heavy atom. The molecule has 0 radical (unpaired) electrons. The third-order valence-corrected chi connectivity index (χ3v) is 4.70. The quantitative estimate of drug-likeness (QED) is 0.688. The molecule has 0 saturated heterocycles. The number of anilines is 1. The molecule has 0 aliphatic carbocycles. The zero-order valence-electron chi connectivity index (χ0n) is 16.9. The van der Waals surface area contributed by atoms with Crippen LogP contribution >= 0.6 is 11.5 Å². The predicted molar refractivity (Wildman–Crippen MR) is 115 cm³/mol. The Kier molecular flexibility index (Phi) is 6.08. The first kappa shape index (κ1) is 20.7. The average molecular weight is 409 g/mol. The van der Waals surface area contributed by atoms with E-state index in [-0.39, 0.29) is 17.5 Å². The third kappa shape index (κ3) is 5.06. The van der Waals surface area contributed by atoms with Crippen molar-refractivity contribution in [3.8, 4) is 0 Å². The molecule has 0 bridgehead atoms. The number of aromatic nitrogens is 2. The smallest absolute Gasteiger partial charge is 0.280 e. The zero-order valence-corrected chi connectivity index (χ0v) is 17.7. The normalized spacial score (nSPS) is 12.3. The Morgan fingerprint density at radius 2 is 1.79 bits per heavy atom. The number of carbonyl (C=O) groups is 2. The van der Waals surface area contributed by atoms with E-state index in [1.54, 1.807) is 5.38 Å². The predicted octanol–water partition coefficient (Wildman–Crippen LogP) is 4.15.